The lowest BCUT2D eigenvalue weighted by molar-refractivity contribution is -0.123. The minimum Gasteiger partial charge on any atom is -0.489 e. The number of nitrogens with one attached hydrogen (secondary N) is 2. The van der Waals surface area contributed by atoms with E-state index in [0.29, 0.717) is 30.0 Å². The van der Waals surface area contributed by atoms with Crippen molar-refractivity contribution < 1.29 is 28.6 Å². The summed E-state index contributed by atoms with van der Waals surface area (Å²) in [5.74, 6) is -0.322. The van der Waals surface area contributed by atoms with E-state index in [0.717, 1.165) is 19.3 Å². The van der Waals surface area contributed by atoms with Gasteiger partial charge in [-0.1, -0.05) is 25.8 Å². The van der Waals surface area contributed by atoms with Gasteiger partial charge in [0.25, 0.3) is 0 Å². The van der Waals surface area contributed by atoms with E-state index in [9.17, 15) is 14.4 Å². The average molecular weight is 421 g/mol. The summed E-state index contributed by atoms with van der Waals surface area (Å²) in [5, 5.41) is 5.51. The van der Waals surface area contributed by atoms with Gasteiger partial charge in [-0.2, -0.15) is 0 Å². The molecule has 1 aliphatic rings. The van der Waals surface area contributed by atoms with Gasteiger partial charge in [-0.25, -0.2) is 9.59 Å². The van der Waals surface area contributed by atoms with Crippen LogP contribution in [0.1, 0.15) is 62.9 Å². The molecule has 2 amide bonds. The molecule has 0 radical (unpaired) electrons. The summed E-state index contributed by atoms with van der Waals surface area (Å²) in [7, 11) is 0. The molecule has 0 aliphatic carbocycles. The third kappa shape index (κ3) is 7.57. The Morgan fingerprint density at radius 1 is 1.17 bits per heavy atom. The first-order valence-electron chi connectivity index (χ1n) is 10.4. The molecule has 0 spiro atoms. The highest BCUT2D eigenvalue weighted by Crippen LogP contribution is 2.24. The highest BCUT2D eigenvalue weighted by molar-refractivity contribution is 5.93. The van der Waals surface area contributed by atoms with Crippen molar-refractivity contribution in [1.82, 2.24) is 10.6 Å². The van der Waals surface area contributed by atoms with Crippen LogP contribution in [0.5, 0.6) is 5.75 Å². The Labute approximate surface area is 177 Å². The number of cyclic esters (lactones) is 1. The second-order valence-electron chi connectivity index (χ2n) is 8.22. The molecule has 166 valence electrons. The number of fused-ring (bicyclic) bond motifs is 1. The van der Waals surface area contributed by atoms with Crippen LogP contribution in [0, 0.1) is 0 Å². The molecule has 0 unspecified atom stereocenters. The van der Waals surface area contributed by atoms with Gasteiger partial charge in [0.05, 0.1) is 0 Å². The summed E-state index contributed by atoms with van der Waals surface area (Å²) in [6, 6.07) is 4.24. The van der Waals surface area contributed by atoms with Gasteiger partial charge < -0.3 is 24.8 Å². The third-order valence-corrected chi connectivity index (χ3v) is 4.36. The van der Waals surface area contributed by atoms with E-state index in [2.05, 4.69) is 17.6 Å². The maximum Gasteiger partial charge on any atom is 0.408 e. The monoisotopic (exact) mass is 420 g/mol. The molecule has 1 aliphatic heterocycles. The van der Waals surface area contributed by atoms with E-state index in [1.165, 1.54) is 0 Å². The van der Waals surface area contributed by atoms with E-state index in [1.54, 1.807) is 39.0 Å². The van der Waals surface area contributed by atoms with Crippen molar-refractivity contribution in [1.29, 1.82) is 0 Å². The normalized spacial score (nSPS) is 14.5. The van der Waals surface area contributed by atoms with Crippen LogP contribution in [0.4, 0.5) is 4.79 Å². The number of carbonyl (C=O) groups is 3. The Balaban J connectivity index is 2.14. The van der Waals surface area contributed by atoms with Gasteiger partial charge in [0.2, 0.25) is 5.91 Å². The van der Waals surface area contributed by atoms with Crippen LogP contribution < -0.4 is 15.4 Å². The van der Waals surface area contributed by atoms with Gasteiger partial charge in [0, 0.05) is 13.0 Å². The Morgan fingerprint density at radius 2 is 1.90 bits per heavy atom. The summed E-state index contributed by atoms with van der Waals surface area (Å²) >= 11 is 0. The quantitative estimate of drug-likeness (QED) is 0.495. The highest BCUT2D eigenvalue weighted by Gasteiger charge is 2.26. The number of ether oxygens (including phenoxy) is 3. The third-order valence-electron chi connectivity index (χ3n) is 4.36. The van der Waals surface area contributed by atoms with Gasteiger partial charge in [-0.15, -0.1) is 0 Å². The topological polar surface area (TPSA) is 103 Å². The summed E-state index contributed by atoms with van der Waals surface area (Å²) in [4.78, 5) is 37.1. The lowest BCUT2D eigenvalue weighted by Crippen LogP contribution is -2.49. The minimum atomic E-state index is -0.845. The summed E-state index contributed by atoms with van der Waals surface area (Å²) in [6.07, 6.45) is 2.44. The fourth-order valence-corrected chi connectivity index (χ4v) is 2.96. The number of alkyl carbamates (subject to hydrolysis) is 1. The Kier molecular flexibility index (Phi) is 8.50. The summed E-state index contributed by atoms with van der Waals surface area (Å²) < 4.78 is 15.9. The van der Waals surface area contributed by atoms with Gasteiger partial charge in [0.1, 0.15) is 36.2 Å². The fraction of sp³-hybridized carbons (Fsp3) is 0.591. The second kappa shape index (κ2) is 10.8. The summed E-state index contributed by atoms with van der Waals surface area (Å²) in [6.45, 7) is 8.36. The molecule has 1 aromatic carbocycles. The molecule has 0 saturated heterocycles. The Bertz CT molecular complexity index is 756. The van der Waals surface area contributed by atoms with E-state index in [-0.39, 0.29) is 18.9 Å². The average Bonchev–Trinajstić information content (AvgIpc) is 2.84. The van der Waals surface area contributed by atoms with Crippen LogP contribution in [0.15, 0.2) is 18.2 Å². The standard InChI is InChI=1S/C22H32N2O6/c1-5-6-7-10-23-19(25)17(24-21(27)30-22(2,3)4)14-15-8-9-18-16(13-15)20(26)29-12-11-28-18/h8-9,13,17H,5-7,10-12,14H2,1-4H3,(H,23,25)(H,24,27)/t17-/m0/s1. The van der Waals surface area contributed by atoms with Crippen LogP contribution in [-0.4, -0.2) is 49.4 Å². The molecule has 0 bridgehead atoms. The lowest BCUT2D eigenvalue weighted by atomic mass is 10.0. The molecular formula is C22H32N2O6. The van der Waals surface area contributed by atoms with Crippen molar-refractivity contribution >= 4 is 18.0 Å². The fourth-order valence-electron chi connectivity index (χ4n) is 2.96. The van der Waals surface area contributed by atoms with E-state index >= 15 is 0 Å². The SMILES string of the molecule is CCCCCNC(=O)[C@H](Cc1ccc2c(c1)C(=O)OCCO2)NC(=O)OC(C)(C)C. The minimum absolute atomic E-state index is 0.186. The number of hydrogen-bond donors (Lipinski definition) is 2. The molecule has 1 aromatic rings. The van der Waals surface area contributed by atoms with Crippen LogP contribution in [0.25, 0.3) is 0 Å². The van der Waals surface area contributed by atoms with Gasteiger partial charge >= 0.3 is 12.1 Å². The first-order valence-corrected chi connectivity index (χ1v) is 10.4. The molecular weight excluding hydrogens is 388 g/mol. The highest BCUT2D eigenvalue weighted by atomic mass is 16.6. The molecule has 1 heterocycles. The zero-order valence-electron chi connectivity index (χ0n) is 18.2. The van der Waals surface area contributed by atoms with Crippen molar-refractivity contribution in [2.45, 2.75) is 65.0 Å². The predicted octanol–water partition coefficient (Wildman–Crippen LogP) is 2.98. The van der Waals surface area contributed by atoms with E-state index in [4.69, 9.17) is 14.2 Å². The molecule has 2 rings (SSSR count). The van der Waals surface area contributed by atoms with Crippen LogP contribution in [-0.2, 0) is 20.7 Å². The number of esters is 1. The van der Waals surface area contributed by atoms with Crippen molar-refractivity contribution in [3.8, 4) is 5.75 Å². The predicted molar refractivity (Wildman–Crippen MR) is 112 cm³/mol. The first kappa shape index (κ1) is 23.5. The molecule has 30 heavy (non-hydrogen) atoms. The van der Waals surface area contributed by atoms with Crippen LogP contribution >= 0.6 is 0 Å². The number of amides is 2. The smallest absolute Gasteiger partial charge is 0.408 e. The van der Waals surface area contributed by atoms with E-state index in [1.807, 2.05) is 0 Å². The molecule has 8 nitrogen and oxygen atoms in total. The number of carbonyl (C=O) groups excluding carboxylic acids is 3. The largest absolute Gasteiger partial charge is 0.489 e. The molecule has 1 atom stereocenters. The zero-order valence-corrected chi connectivity index (χ0v) is 18.2. The summed E-state index contributed by atoms with van der Waals surface area (Å²) in [5.41, 5.74) is 0.322. The van der Waals surface area contributed by atoms with Crippen LogP contribution in [0.2, 0.25) is 0 Å². The van der Waals surface area contributed by atoms with Gasteiger partial charge in [0.15, 0.2) is 0 Å². The molecule has 0 aromatic heterocycles. The maximum atomic E-state index is 12.7. The molecule has 2 N–H and O–H groups in total. The van der Waals surface area contributed by atoms with Crippen LogP contribution in [0.3, 0.4) is 0 Å². The molecule has 8 heteroatoms. The van der Waals surface area contributed by atoms with Crippen molar-refractivity contribution in [3.05, 3.63) is 29.3 Å². The number of hydrogen-bond acceptors (Lipinski definition) is 6. The molecule has 0 saturated carbocycles. The van der Waals surface area contributed by atoms with E-state index < -0.39 is 23.7 Å². The second-order valence-corrected chi connectivity index (χ2v) is 8.22. The first-order chi connectivity index (χ1) is 14.2. The van der Waals surface area contributed by atoms with Gasteiger partial charge in [-0.05, 0) is 44.9 Å². The number of benzene rings is 1. The molecule has 0 fully saturated rings. The van der Waals surface area contributed by atoms with Gasteiger partial charge in [-0.3, -0.25) is 4.79 Å². The Hall–Kier alpha value is -2.77. The zero-order chi connectivity index (χ0) is 22.1. The number of unbranched alkanes of at least 4 members (excludes halogenated alkanes) is 2. The van der Waals surface area contributed by atoms with Crippen molar-refractivity contribution in [2.24, 2.45) is 0 Å². The van der Waals surface area contributed by atoms with Crippen molar-refractivity contribution in [3.63, 3.8) is 0 Å². The van der Waals surface area contributed by atoms with Crippen molar-refractivity contribution in [2.75, 3.05) is 19.8 Å². The number of rotatable bonds is 8. The maximum absolute atomic E-state index is 12.7. The Morgan fingerprint density at radius 3 is 2.60 bits per heavy atom. The lowest BCUT2D eigenvalue weighted by Gasteiger charge is -2.23.